The van der Waals surface area contributed by atoms with Gasteiger partial charge in [0.05, 0.1) is 0 Å². The molecule has 1 aliphatic rings. The van der Waals surface area contributed by atoms with Gasteiger partial charge in [0, 0.05) is 30.2 Å². The minimum atomic E-state index is -0.673. The largest absolute Gasteiger partial charge is 0.372 e. The smallest absolute Gasteiger partial charge is 0.314 e. The van der Waals surface area contributed by atoms with Gasteiger partial charge in [-0.05, 0) is 80.6 Å². The fraction of sp³-hybridized carbons (Fsp3) is 0.333. The Morgan fingerprint density at radius 3 is 1.96 bits per heavy atom. The van der Waals surface area contributed by atoms with E-state index in [0.717, 1.165) is 29.9 Å². The number of nitrogens with one attached hydrogen (secondary N) is 2. The topological polar surface area (TPSA) is 61.4 Å². The molecule has 2 amide bonds. The fourth-order valence-corrected chi connectivity index (χ4v) is 3.10. The summed E-state index contributed by atoms with van der Waals surface area (Å²) in [6.45, 7) is 6.12. The summed E-state index contributed by atoms with van der Waals surface area (Å²) in [6, 6.07) is 13.2. The first kappa shape index (κ1) is 18.0. The molecule has 2 aromatic carbocycles. The van der Waals surface area contributed by atoms with Crippen molar-refractivity contribution in [3.8, 4) is 0 Å². The van der Waals surface area contributed by atoms with Gasteiger partial charge in [0.2, 0.25) is 0 Å². The predicted octanol–water partition coefficient (Wildman–Crippen LogP) is 3.87. The van der Waals surface area contributed by atoms with Gasteiger partial charge < -0.3 is 15.5 Å². The van der Waals surface area contributed by atoms with E-state index in [1.807, 2.05) is 50.2 Å². The molecule has 0 unspecified atom stereocenters. The normalized spacial score (nSPS) is 14.0. The Morgan fingerprint density at radius 1 is 0.769 bits per heavy atom. The second kappa shape index (κ2) is 8.04. The molecule has 0 bridgehead atoms. The van der Waals surface area contributed by atoms with Crippen molar-refractivity contribution < 1.29 is 9.59 Å². The highest BCUT2D eigenvalue weighted by atomic mass is 16.2. The number of amides is 2. The summed E-state index contributed by atoms with van der Waals surface area (Å²) in [6.07, 6.45) is 3.73. The van der Waals surface area contributed by atoms with Crippen molar-refractivity contribution in [2.75, 3.05) is 28.6 Å². The number of piperidine rings is 1. The molecule has 5 heteroatoms. The van der Waals surface area contributed by atoms with Gasteiger partial charge in [0.15, 0.2) is 0 Å². The molecule has 0 radical (unpaired) electrons. The van der Waals surface area contributed by atoms with Gasteiger partial charge in [-0.3, -0.25) is 9.59 Å². The van der Waals surface area contributed by atoms with Crippen LogP contribution in [0.1, 0.15) is 30.4 Å². The molecule has 26 heavy (non-hydrogen) atoms. The lowest BCUT2D eigenvalue weighted by atomic mass is 10.1. The van der Waals surface area contributed by atoms with E-state index in [1.54, 1.807) is 6.07 Å². The maximum absolute atomic E-state index is 12.1. The van der Waals surface area contributed by atoms with Crippen LogP contribution in [0.15, 0.2) is 42.5 Å². The molecular formula is C21H25N3O2. The molecule has 5 nitrogen and oxygen atoms in total. The molecule has 0 aliphatic carbocycles. The molecule has 3 rings (SSSR count). The zero-order valence-electron chi connectivity index (χ0n) is 15.3. The first-order valence-electron chi connectivity index (χ1n) is 9.07. The van der Waals surface area contributed by atoms with Gasteiger partial charge >= 0.3 is 11.8 Å². The molecule has 2 aromatic rings. The Bertz CT molecular complexity index is 793. The second-order valence-corrected chi connectivity index (χ2v) is 6.80. The van der Waals surface area contributed by atoms with Crippen molar-refractivity contribution in [1.82, 2.24) is 0 Å². The summed E-state index contributed by atoms with van der Waals surface area (Å²) in [5, 5.41) is 5.28. The Hall–Kier alpha value is -2.82. The van der Waals surface area contributed by atoms with Gasteiger partial charge in [-0.1, -0.05) is 6.07 Å². The Balaban J connectivity index is 1.58. The lowest BCUT2D eigenvalue weighted by molar-refractivity contribution is -0.132. The zero-order valence-corrected chi connectivity index (χ0v) is 15.3. The number of nitrogens with zero attached hydrogens (tertiary/aromatic N) is 1. The summed E-state index contributed by atoms with van der Waals surface area (Å²) in [5.41, 5.74) is 4.60. The van der Waals surface area contributed by atoms with Gasteiger partial charge in [-0.25, -0.2) is 0 Å². The number of hydrogen-bond acceptors (Lipinski definition) is 3. The molecule has 0 atom stereocenters. The van der Waals surface area contributed by atoms with Gasteiger partial charge in [-0.15, -0.1) is 0 Å². The third kappa shape index (κ3) is 4.42. The van der Waals surface area contributed by atoms with E-state index in [2.05, 4.69) is 15.5 Å². The third-order valence-electron chi connectivity index (χ3n) is 4.82. The molecule has 0 aromatic heterocycles. The van der Waals surface area contributed by atoms with E-state index >= 15 is 0 Å². The molecule has 1 heterocycles. The SMILES string of the molecule is Cc1ccc(NC(=O)C(=O)Nc2ccc(N3CCCCC3)cc2)cc1C. The van der Waals surface area contributed by atoms with Crippen molar-refractivity contribution in [3.63, 3.8) is 0 Å². The summed E-state index contributed by atoms with van der Waals surface area (Å²) in [7, 11) is 0. The summed E-state index contributed by atoms with van der Waals surface area (Å²) < 4.78 is 0. The number of rotatable bonds is 3. The van der Waals surface area contributed by atoms with Crippen LogP contribution in [0.5, 0.6) is 0 Å². The number of hydrogen-bond donors (Lipinski definition) is 2. The summed E-state index contributed by atoms with van der Waals surface area (Å²) in [5.74, 6) is -1.35. The molecule has 136 valence electrons. The minimum absolute atomic E-state index is 0.617. The standard InChI is InChI=1S/C21H25N3O2/c1-15-6-7-18(14-16(15)2)23-21(26)20(25)22-17-8-10-19(11-9-17)24-12-4-3-5-13-24/h6-11,14H,3-5,12-13H2,1-2H3,(H,22,25)(H,23,26). The second-order valence-electron chi connectivity index (χ2n) is 6.80. The van der Waals surface area contributed by atoms with Gasteiger partial charge in [-0.2, -0.15) is 0 Å². The monoisotopic (exact) mass is 351 g/mol. The number of carbonyl (C=O) groups excluding carboxylic acids is 2. The molecule has 1 aliphatic heterocycles. The molecule has 2 N–H and O–H groups in total. The van der Waals surface area contributed by atoms with Crippen LogP contribution in [0.4, 0.5) is 17.1 Å². The zero-order chi connectivity index (χ0) is 18.5. The fourth-order valence-electron chi connectivity index (χ4n) is 3.10. The predicted molar refractivity (Wildman–Crippen MR) is 106 cm³/mol. The maximum atomic E-state index is 12.1. The van der Waals surface area contributed by atoms with Crippen molar-refractivity contribution in [3.05, 3.63) is 53.6 Å². The average Bonchev–Trinajstić information content (AvgIpc) is 2.66. The van der Waals surface area contributed by atoms with Crippen LogP contribution in [0, 0.1) is 13.8 Å². The Labute approximate surface area is 154 Å². The Kier molecular flexibility index (Phi) is 5.56. The highest BCUT2D eigenvalue weighted by Crippen LogP contribution is 2.22. The molecule has 1 saturated heterocycles. The maximum Gasteiger partial charge on any atom is 0.314 e. The van der Waals surface area contributed by atoms with Crippen molar-refractivity contribution in [2.45, 2.75) is 33.1 Å². The Morgan fingerprint density at radius 2 is 1.35 bits per heavy atom. The van der Waals surface area contributed by atoms with Crippen LogP contribution >= 0.6 is 0 Å². The van der Waals surface area contributed by atoms with E-state index in [0.29, 0.717) is 11.4 Å². The van der Waals surface area contributed by atoms with E-state index in [1.165, 1.54) is 19.3 Å². The van der Waals surface area contributed by atoms with Crippen molar-refractivity contribution >= 4 is 28.9 Å². The number of anilines is 3. The van der Waals surface area contributed by atoms with Gasteiger partial charge in [0.1, 0.15) is 0 Å². The molecule has 0 saturated carbocycles. The molecular weight excluding hydrogens is 326 g/mol. The minimum Gasteiger partial charge on any atom is -0.372 e. The van der Waals surface area contributed by atoms with Crippen LogP contribution in [0.2, 0.25) is 0 Å². The van der Waals surface area contributed by atoms with Gasteiger partial charge in [0.25, 0.3) is 0 Å². The van der Waals surface area contributed by atoms with Crippen LogP contribution < -0.4 is 15.5 Å². The first-order chi connectivity index (χ1) is 12.5. The van der Waals surface area contributed by atoms with Crippen LogP contribution in [0.3, 0.4) is 0 Å². The van der Waals surface area contributed by atoms with Crippen LogP contribution in [-0.2, 0) is 9.59 Å². The van der Waals surface area contributed by atoms with Crippen LogP contribution in [-0.4, -0.2) is 24.9 Å². The third-order valence-corrected chi connectivity index (χ3v) is 4.82. The summed E-state index contributed by atoms with van der Waals surface area (Å²) in [4.78, 5) is 26.6. The molecule has 0 spiro atoms. The average molecular weight is 351 g/mol. The highest BCUT2D eigenvalue weighted by Gasteiger charge is 2.15. The first-order valence-corrected chi connectivity index (χ1v) is 9.07. The lowest BCUT2D eigenvalue weighted by Crippen LogP contribution is -2.30. The van der Waals surface area contributed by atoms with Crippen molar-refractivity contribution in [2.24, 2.45) is 0 Å². The van der Waals surface area contributed by atoms with Crippen molar-refractivity contribution in [1.29, 1.82) is 0 Å². The number of benzene rings is 2. The highest BCUT2D eigenvalue weighted by molar-refractivity contribution is 6.43. The number of carbonyl (C=O) groups is 2. The van der Waals surface area contributed by atoms with E-state index < -0.39 is 11.8 Å². The van der Waals surface area contributed by atoms with E-state index in [4.69, 9.17) is 0 Å². The van der Waals surface area contributed by atoms with Crippen LogP contribution in [0.25, 0.3) is 0 Å². The lowest BCUT2D eigenvalue weighted by Gasteiger charge is -2.28. The quantitative estimate of drug-likeness (QED) is 0.825. The summed E-state index contributed by atoms with van der Waals surface area (Å²) >= 11 is 0. The van der Waals surface area contributed by atoms with E-state index in [-0.39, 0.29) is 0 Å². The number of aryl methyl sites for hydroxylation is 2. The molecule has 1 fully saturated rings. The van der Waals surface area contributed by atoms with E-state index in [9.17, 15) is 9.59 Å².